The van der Waals surface area contributed by atoms with E-state index < -0.39 is 0 Å². The van der Waals surface area contributed by atoms with Gasteiger partial charge in [-0.05, 0) is 30.3 Å². The van der Waals surface area contributed by atoms with Crippen LogP contribution in [0.5, 0.6) is 0 Å². The molecule has 0 aliphatic carbocycles. The number of halogens is 2. The maximum absolute atomic E-state index is 5.86. The fraction of sp³-hybridized carbons (Fsp3) is 0. The van der Waals surface area contributed by atoms with Crippen LogP contribution in [0.2, 0.25) is 10.0 Å². The third-order valence-electron chi connectivity index (χ3n) is 1.94. The number of nitrogens with zero attached hydrogens (tertiary/aromatic N) is 1. The van der Waals surface area contributed by atoms with Crippen molar-refractivity contribution < 1.29 is 0 Å². The molecular weight excluding hydrogens is 245 g/mol. The number of nitrogens with one attached hydrogen (secondary N) is 2. The molecule has 0 bridgehead atoms. The quantitative estimate of drug-likeness (QED) is 0.635. The fourth-order valence-corrected chi connectivity index (χ4v) is 1.46. The standard InChI is InChI=1S/C11H9Cl2N3/c12-10-4-3-8(6-11(10)13)16-15-7-9-2-1-5-14-9/h1-7,14,16H. The van der Waals surface area contributed by atoms with Crippen molar-refractivity contribution in [2.24, 2.45) is 5.10 Å². The Morgan fingerprint density at radius 3 is 2.75 bits per heavy atom. The van der Waals surface area contributed by atoms with E-state index in [-0.39, 0.29) is 0 Å². The van der Waals surface area contributed by atoms with Crippen LogP contribution in [0.1, 0.15) is 5.69 Å². The molecule has 0 aliphatic heterocycles. The molecule has 3 nitrogen and oxygen atoms in total. The predicted octanol–water partition coefficient (Wildman–Crippen LogP) is 3.77. The zero-order valence-corrected chi connectivity index (χ0v) is 9.76. The zero-order chi connectivity index (χ0) is 11.4. The molecule has 0 saturated carbocycles. The summed E-state index contributed by atoms with van der Waals surface area (Å²) >= 11 is 11.7. The van der Waals surface area contributed by atoms with Gasteiger partial charge in [0.05, 0.1) is 27.6 Å². The molecule has 1 aromatic heterocycles. The second-order valence-corrected chi connectivity index (χ2v) is 3.94. The molecule has 0 unspecified atom stereocenters. The highest BCUT2D eigenvalue weighted by atomic mass is 35.5. The van der Waals surface area contributed by atoms with Gasteiger partial charge in [-0.1, -0.05) is 23.2 Å². The number of rotatable bonds is 3. The van der Waals surface area contributed by atoms with E-state index in [9.17, 15) is 0 Å². The van der Waals surface area contributed by atoms with Gasteiger partial charge < -0.3 is 4.98 Å². The Morgan fingerprint density at radius 1 is 1.19 bits per heavy atom. The second kappa shape index (κ2) is 5.05. The lowest BCUT2D eigenvalue weighted by Crippen LogP contribution is -1.90. The summed E-state index contributed by atoms with van der Waals surface area (Å²) in [4.78, 5) is 3.01. The minimum Gasteiger partial charge on any atom is -0.360 e. The minimum absolute atomic E-state index is 0.502. The molecule has 2 aromatic rings. The molecule has 0 saturated heterocycles. The zero-order valence-electron chi connectivity index (χ0n) is 8.24. The number of anilines is 1. The van der Waals surface area contributed by atoms with Crippen LogP contribution in [-0.2, 0) is 0 Å². The van der Waals surface area contributed by atoms with Crippen molar-refractivity contribution in [1.82, 2.24) is 4.98 Å². The summed E-state index contributed by atoms with van der Waals surface area (Å²) in [5.74, 6) is 0. The molecule has 1 aromatic carbocycles. The maximum Gasteiger partial charge on any atom is 0.0707 e. The van der Waals surface area contributed by atoms with Gasteiger partial charge in [-0.15, -0.1) is 0 Å². The van der Waals surface area contributed by atoms with Gasteiger partial charge in [0.25, 0.3) is 0 Å². The van der Waals surface area contributed by atoms with Gasteiger partial charge >= 0.3 is 0 Å². The number of hydrogen-bond acceptors (Lipinski definition) is 2. The molecule has 0 aliphatic rings. The first kappa shape index (κ1) is 11.0. The van der Waals surface area contributed by atoms with Gasteiger partial charge in [-0.2, -0.15) is 5.10 Å². The van der Waals surface area contributed by atoms with Crippen molar-refractivity contribution in [3.8, 4) is 0 Å². The third-order valence-corrected chi connectivity index (χ3v) is 2.68. The Hall–Kier alpha value is -1.45. The molecule has 5 heteroatoms. The highest BCUT2D eigenvalue weighted by Gasteiger charge is 1.97. The minimum atomic E-state index is 0.502. The molecule has 0 atom stereocenters. The summed E-state index contributed by atoms with van der Waals surface area (Å²) in [6, 6.07) is 9.06. The van der Waals surface area contributed by atoms with Crippen molar-refractivity contribution in [2.45, 2.75) is 0 Å². The molecule has 1 heterocycles. The first-order valence-corrected chi connectivity index (χ1v) is 5.39. The molecule has 0 amide bonds. The average Bonchev–Trinajstić information content (AvgIpc) is 2.76. The van der Waals surface area contributed by atoms with E-state index in [1.807, 2.05) is 18.3 Å². The Morgan fingerprint density at radius 2 is 2.06 bits per heavy atom. The number of benzene rings is 1. The molecule has 2 rings (SSSR count). The average molecular weight is 254 g/mol. The van der Waals surface area contributed by atoms with Crippen LogP contribution in [0, 0.1) is 0 Å². The van der Waals surface area contributed by atoms with Crippen LogP contribution < -0.4 is 5.43 Å². The highest BCUT2D eigenvalue weighted by molar-refractivity contribution is 6.42. The molecule has 2 N–H and O–H groups in total. The van der Waals surface area contributed by atoms with E-state index in [4.69, 9.17) is 23.2 Å². The van der Waals surface area contributed by atoms with E-state index in [1.54, 1.807) is 24.4 Å². The van der Waals surface area contributed by atoms with Gasteiger partial charge in [0.1, 0.15) is 0 Å². The number of hydrogen-bond donors (Lipinski definition) is 2. The lowest BCUT2D eigenvalue weighted by atomic mass is 10.3. The fourth-order valence-electron chi connectivity index (χ4n) is 1.17. The Bertz CT molecular complexity index is 492. The van der Waals surface area contributed by atoms with Gasteiger partial charge in [-0.25, -0.2) is 0 Å². The molecule has 0 radical (unpaired) electrons. The van der Waals surface area contributed by atoms with Crippen LogP contribution in [0.4, 0.5) is 5.69 Å². The summed E-state index contributed by atoms with van der Waals surface area (Å²) in [7, 11) is 0. The summed E-state index contributed by atoms with van der Waals surface area (Å²) in [6.45, 7) is 0. The van der Waals surface area contributed by atoms with Crippen molar-refractivity contribution in [3.63, 3.8) is 0 Å². The second-order valence-electron chi connectivity index (χ2n) is 3.12. The van der Waals surface area contributed by atoms with Crippen molar-refractivity contribution in [2.75, 3.05) is 5.43 Å². The summed E-state index contributed by atoms with van der Waals surface area (Å²) in [5.41, 5.74) is 4.57. The van der Waals surface area contributed by atoms with Crippen LogP contribution in [0.15, 0.2) is 41.6 Å². The third kappa shape index (κ3) is 2.78. The van der Waals surface area contributed by atoms with E-state index in [2.05, 4.69) is 15.5 Å². The highest BCUT2D eigenvalue weighted by Crippen LogP contribution is 2.24. The van der Waals surface area contributed by atoms with E-state index >= 15 is 0 Å². The van der Waals surface area contributed by atoms with Crippen molar-refractivity contribution in [1.29, 1.82) is 0 Å². The number of aromatic amines is 1. The Balaban J connectivity index is 2.02. The normalized spacial score (nSPS) is 10.9. The lowest BCUT2D eigenvalue weighted by Gasteiger charge is -2.01. The first-order chi connectivity index (χ1) is 7.75. The topological polar surface area (TPSA) is 40.2 Å². The smallest absolute Gasteiger partial charge is 0.0707 e. The van der Waals surface area contributed by atoms with Gasteiger partial charge in [0, 0.05) is 6.20 Å². The van der Waals surface area contributed by atoms with Crippen molar-refractivity contribution in [3.05, 3.63) is 52.3 Å². The van der Waals surface area contributed by atoms with Crippen LogP contribution in [0.25, 0.3) is 0 Å². The monoisotopic (exact) mass is 253 g/mol. The molecule has 16 heavy (non-hydrogen) atoms. The Labute approximate surface area is 103 Å². The number of aromatic nitrogens is 1. The number of H-pyrrole nitrogens is 1. The van der Waals surface area contributed by atoms with Gasteiger partial charge in [0.15, 0.2) is 0 Å². The van der Waals surface area contributed by atoms with Gasteiger partial charge in [0.2, 0.25) is 0 Å². The summed E-state index contributed by atoms with van der Waals surface area (Å²) in [5, 5.41) is 5.08. The predicted molar refractivity (Wildman–Crippen MR) is 68.5 cm³/mol. The van der Waals surface area contributed by atoms with Crippen LogP contribution >= 0.6 is 23.2 Å². The molecular formula is C11H9Cl2N3. The lowest BCUT2D eigenvalue weighted by molar-refractivity contribution is 1.32. The number of hydrazone groups is 1. The van der Waals surface area contributed by atoms with Crippen LogP contribution in [-0.4, -0.2) is 11.2 Å². The van der Waals surface area contributed by atoms with Gasteiger partial charge in [-0.3, -0.25) is 5.43 Å². The Kier molecular flexibility index (Phi) is 3.49. The largest absolute Gasteiger partial charge is 0.360 e. The molecule has 0 fully saturated rings. The van der Waals surface area contributed by atoms with E-state index in [0.717, 1.165) is 11.4 Å². The van der Waals surface area contributed by atoms with Crippen molar-refractivity contribution >= 4 is 35.1 Å². The summed E-state index contributed by atoms with van der Waals surface area (Å²) < 4.78 is 0. The SMILES string of the molecule is Clc1ccc(NN=Cc2ccc[nH]2)cc1Cl. The van der Waals surface area contributed by atoms with Crippen LogP contribution in [0.3, 0.4) is 0 Å². The molecule has 82 valence electrons. The maximum atomic E-state index is 5.86. The van der Waals surface area contributed by atoms with E-state index in [0.29, 0.717) is 10.0 Å². The summed E-state index contributed by atoms with van der Waals surface area (Å²) in [6.07, 6.45) is 3.52. The first-order valence-electron chi connectivity index (χ1n) is 4.63. The molecule has 0 spiro atoms. The van der Waals surface area contributed by atoms with E-state index in [1.165, 1.54) is 0 Å².